The van der Waals surface area contributed by atoms with Crippen LogP contribution in [-0.2, 0) is 4.79 Å². The van der Waals surface area contributed by atoms with Gasteiger partial charge < -0.3 is 9.84 Å². The van der Waals surface area contributed by atoms with Crippen molar-refractivity contribution in [2.75, 3.05) is 18.9 Å². The van der Waals surface area contributed by atoms with Gasteiger partial charge in [-0.1, -0.05) is 24.4 Å². The number of nitrogens with one attached hydrogen (secondary N) is 1. The molecule has 0 unspecified atom stereocenters. The Morgan fingerprint density at radius 3 is 2.83 bits per heavy atom. The molecule has 0 aliphatic heterocycles. The van der Waals surface area contributed by atoms with Gasteiger partial charge in [-0.3, -0.25) is 9.69 Å². The summed E-state index contributed by atoms with van der Waals surface area (Å²) in [6.45, 7) is 2.22. The van der Waals surface area contributed by atoms with Crippen LogP contribution >= 0.6 is 0 Å². The number of nitrogens with zero attached hydrogens (tertiary/aromatic N) is 2. The fraction of sp³-hybridized carbons (Fsp3) is 0.692. The van der Waals surface area contributed by atoms with E-state index < -0.39 is 0 Å². The van der Waals surface area contributed by atoms with Gasteiger partial charge in [-0.15, -0.1) is 0 Å². The second kappa shape index (κ2) is 6.00. The van der Waals surface area contributed by atoms with E-state index in [2.05, 4.69) is 15.4 Å². The number of hydrogen-bond donors (Lipinski definition) is 1. The van der Waals surface area contributed by atoms with Crippen LogP contribution in [0.2, 0.25) is 0 Å². The van der Waals surface area contributed by atoms with Crippen LogP contribution in [0.25, 0.3) is 0 Å². The number of anilines is 1. The van der Waals surface area contributed by atoms with E-state index in [1.807, 2.05) is 7.05 Å². The number of carbonyl (C=O) groups is 1. The Labute approximate surface area is 108 Å². The molecule has 0 saturated heterocycles. The molecule has 1 heterocycles. The minimum Gasteiger partial charge on any atom is -0.360 e. The van der Waals surface area contributed by atoms with E-state index >= 15 is 0 Å². The van der Waals surface area contributed by atoms with Gasteiger partial charge in [-0.05, 0) is 26.8 Å². The number of aryl methyl sites for hydroxylation is 1. The summed E-state index contributed by atoms with van der Waals surface area (Å²) in [5.74, 6) is 1.16. The zero-order valence-corrected chi connectivity index (χ0v) is 11.1. The second-order valence-corrected chi connectivity index (χ2v) is 5.08. The van der Waals surface area contributed by atoms with Gasteiger partial charge in [0.2, 0.25) is 5.91 Å². The molecule has 0 bridgehead atoms. The first kappa shape index (κ1) is 13.1. The van der Waals surface area contributed by atoms with Gasteiger partial charge in [-0.25, -0.2) is 0 Å². The maximum Gasteiger partial charge on any atom is 0.239 e. The topological polar surface area (TPSA) is 58.4 Å². The SMILES string of the molecule is Cc1cc(NC(=O)CN(C)C2CCCCC2)no1. The molecule has 0 atom stereocenters. The van der Waals surface area contributed by atoms with Gasteiger partial charge in [0.25, 0.3) is 0 Å². The quantitative estimate of drug-likeness (QED) is 0.891. The van der Waals surface area contributed by atoms with E-state index in [0.29, 0.717) is 24.2 Å². The average Bonchev–Trinajstić information content (AvgIpc) is 2.75. The van der Waals surface area contributed by atoms with E-state index in [9.17, 15) is 4.79 Å². The van der Waals surface area contributed by atoms with E-state index in [-0.39, 0.29) is 5.91 Å². The largest absolute Gasteiger partial charge is 0.360 e. The Bertz CT molecular complexity index is 397. The van der Waals surface area contributed by atoms with Crippen LogP contribution in [0.15, 0.2) is 10.6 Å². The fourth-order valence-electron chi connectivity index (χ4n) is 2.49. The second-order valence-electron chi connectivity index (χ2n) is 5.08. The lowest BCUT2D eigenvalue weighted by Crippen LogP contribution is -2.39. The molecule has 1 aromatic rings. The van der Waals surface area contributed by atoms with E-state index in [1.54, 1.807) is 13.0 Å². The zero-order chi connectivity index (χ0) is 13.0. The average molecular weight is 251 g/mol. The predicted molar refractivity (Wildman–Crippen MR) is 69.4 cm³/mol. The van der Waals surface area contributed by atoms with E-state index in [4.69, 9.17) is 4.52 Å². The minimum atomic E-state index is -0.0311. The third-order valence-corrected chi connectivity index (χ3v) is 3.49. The lowest BCUT2D eigenvalue weighted by molar-refractivity contribution is -0.117. The van der Waals surface area contributed by atoms with Crippen LogP contribution in [-0.4, -0.2) is 35.6 Å². The van der Waals surface area contributed by atoms with Crippen LogP contribution in [0, 0.1) is 6.92 Å². The number of likely N-dealkylation sites (N-methyl/N-ethyl adjacent to an activating group) is 1. The van der Waals surface area contributed by atoms with Crippen molar-refractivity contribution in [3.8, 4) is 0 Å². The molecule has 5 nitrogen and oxygen atoms in total. The molecule has 1 saturated carbocycles. The summed E-state index contributed by atoms with van der Waals surface area (Å²) in [5.41, 5.74) is 0. The molecule has 0 radical (unpaired) electrons. The lowest BCUT2D eigenvalue weighted by Gasteiger charge is -2.30. The first-order chi connectivity index (χ1) is 8.65. The molecule has 1 aliphatic carbocycles. The summed E-state index contributed by atoms with van der Waals surface area (Å²) < 4.78 is 4.91. The maximum absolute atomic E-state index is 11.8. The fourth-order valence-corrected chi connectivity index (χ4v) is 2.49. The van der Waals surface area contributed by atoms with Crippen molar-refractivity contribution in [3.63, 3.8) is 0 Å². The minimum absolute atomic E-state index is 0.0311. The van der Waals surface area contributed by atoms with Crippen molar-refractivity contribution in [1.29, 1.82) is 0 Å². The summed E-state index contributed by atoms with van der Waals surface area (Å²) in [6.07, 6.45) is 6.28. The third-order valence-electron chi connectivity index (χ3n) is 3.49. The van der Waals surface area contributed by atoms with Crippen LogP contribution in [0.1, 0.15) is 37.9 Å². The third kappa shape index (κ3) is 3.57. The van der Waals surface area contributed by atoms with Crippen molar-refractivity contribution in [2.45, 2.75) is 45.1 Å². The highest BCUT2D eigenvalue weighted by molar-refractivity contribution is 5.91. The number of carbonyl (C=O) groups excluding carboxylic acids is 1. The molecule has 0 aromatic carbocycles. The van der Waals surface area contributed by atoms with Crippen LogP contribution in [0.4, 0.5) is 5.82 Å². The molecule has 5 heteroatoms. The highest BCUT2D eigenvalue weighted by atomic mass is 16.5. The highest BCUT2D eigenvalue weighted by Crippen LogP contribution is 2.21. The first-order valence-corrected chi connectivity index (χ1v) is 6.58. The Balaban J connectivity index is 1.79. The lowest BCUT2D eigenvalue weighted by atomic mass is 9.94. The molecule has 1 fully saturated rings. The predicted octanol–water partition coefficient (Wildman–Crippen LogP) is 2.19. The molecule has 18 heavy (non-hydrogen) atoms. The molecule has 1 amide bonds. The molecular weight excluding hydrogens is 230 g/mol. The standard InChI is InChI=1S/C13H21N3O2/c1-10-8-12(15-18-10)14-13(17)9-16(2)11-6-4-3-5-7-11/h8,11H,3-7,9H2,1-2H3,(H,14,15,17). The van der Waals surface area contributed by atoms with Crippen LogP contribution < -0.4 is 5.32 Å². The highest BCUT2D eigenvalue weighted by Gasteiger charge is 2.20. The monoisotopic (exact) mass is 251 g/mol. The molecule has 1 N–H and O–H groups in total. The summed E-state index contributed by atoms with van der Waals surface area (Å²) in [7, 11) is 2.02. The van der Waals surface area contributed by atoms with Crippen molar-refractivity contribution in [2.24, 2.45) is 0 Å². The summed E-state index contributed by atoms with van der Waals surface area (Å²) in [5, 5.41) is 6.50. The Hall–Kier alpha value is -1.36. The Kier molecular flexibility index (Phi) is 4.36. The van der Waals surface area contributed by atoms with Crippen molar-refractivity contribution < 1.29 is 9.32 Å². The van der Waals surface area contributed by atoms with Gasteiger partial charge in [0.15, 0.2) is 5.82 Å². The maximum atomic E-state index is 11.8. The van der Waals surface area contributed by atoms with Gasteiger partial charge in [-0.2, -0.15) is 0 Å². The normalized spacial score (nSPS) is 17.1. The zero-order valence-electron chi connectivity index (χ0n) is 11.1. The molecule has 1 aromatic heterocycles. The number of amides is 1. The summed E-state index contributed by atoms with van der Waals surface area (Å²) in [4.78, 5) is 14.0. The number of hydrogen-bond acceptors (Lipinski definition) is 4. The molecule has 1 aliphatic rings. The van der Waals surface area contributed by atoms with Crippen LogP contribution in [0.5, 0.6) is 0 Å². The number of aromatic nitrogens is 1. The van der Waals surface area contributed by atoms with Crippen molar-refractivity contribution in [3.05, 3.63) is 11.8 Å². The Morgan fingerprint density at radius 1 is 1.50 bits per heavy atom. The van der Waals surface area contributed by atoms with Gasteiger partial charge in [0, 0.05) is 12.1 Å². The van der Waals surface area contributed by atoms with Crippen molar-refractivity contribution in [1.82, 2.24) is 10.1 Å². The molecule has 2 rings (SSSR count). The van der Waals surface area contributed by atoms with Gasteiger partial charge in [0.05, 0.1) is 6.54 Å². The van der Waals surface area contributed by atoms with Crippen LogP contribution in [0.3, 0.4) is 0 Å². The summed E-state index contributed by atoms with van der Waals surface area (Å²) >= 11 is 0. The van der Waals surface area contributed by atoms with Gasteiger partial charge in [0.1, 0.15) is 5.76 Å². The summed E-state index contributed by atoms with van der Waals surface area (Å²) in [6, 6.07) is 2.27. The Morgan fingerprint density at radius 2 is 2.22 bits per heavy atom. The number of rotatable bonds is 4. The molecule has 100 valence electrons. The molecular formula is C13H21N3O2. The van der Waals surface area contributed by atoms with Crippen molar-refractivity contribution >= 4 is 11.7 Å². The first-order valence-electron chi connectivity index (χ1n) is 6.58. The molecule has 0 spiro atoms. The van der Waals surface area contributed by atoms with Gasteiger partial charge >= 0.3 is 0 Å². The smallest absolute Gasteiger partial charge is 0.239 e. The van der Waals surface area contributed by atoms with E-state index in [0.717, 1.165) is 0 Å². The van der Waals surface area contributed by atoms with E-state index in [1.165, 1.54) is 32.1 Å².